The lowest BCUT2D eigenvalue weighted by Gasteiger charge is -2.20. The number of ketones is 1. The third-order valence-corrected chi connectivity index (χ3v) is 3.22. The molecule has 0 N–H and O–H groups in total. The minimum Gasteiger partial charge on any atom is -0.493 e. The van der Waals surface area contributed by atoms with Gasteiger partial charge >= 0.3 is 0 Å². The van der Waals surface area contributed by atoms with Crippen LogP contribution in [0.2, 0.25) is 0 Å². The van der Waals surface area contributed by atoms with E-state index in [1.165, 1.54) is 11.1 Å². The number of hydrogen-bond donors (Lipinski definition) is 0. The van der Waals surface area contributed by atoms with Crippen LogP contribution in [0.15, 0.2) is 18.2 Å². The zero-order chi connectivity index (χ0) is 14.5. The van der Waals surface area contributed by atoms with E-state index in [1.54, 1.807) is 6.92 Å². The van der Waals surface area contributed by atoms with Crippen LogP contribution in [-0.2, 0) is 10.2 Å². The molecule has 0 heterocycles. The van der Waals surface area contributed by atoms with Crippen molar-refractivity contribution in [3.8, 4) is 5.75 Å². The molecular weight excluding hydrogens is 236 g/mol. The van der Waals surface area contributed by atoms with Gasteiger partial charge in [0.2, 0.25) is 0 Å². The summed E-state index contributed by atoms with van der Waals surface area (Å²) in [6.45, 7) is 11.0. The second-order valence-corrected chi connectivity index (χ2v) is 6.24. The van der Waals surface area contributed by atoms with Gasteiger partial charge in [0, 0.05) is 6.42 Å². The Hall–Kier alpha value is -1.31. The Bertz CT molecular complexity index is 427. The lowest BCUT2D eigenvalue weighted by atomic mass is 9.86. The monoisotopic (exact) mass is 262 g/mol. The molecule has 0 aromatic heterocycles. The molecule has 2 nitrogen and oxygen atoms in total. The molecule has 0 amide bonds. The molecule has 0 bridgehead atoms. The minimum atomic E-state index is 0.171. The summed E-state index contributed by atoms with van der Waals surface area (Å²) >= 11 is 0. The normalized spacial score (nSPS) is 11.4. The Morgan fingerprint density at radius 2 is 1.89 bits per heavy atom. The standard InChI is InChI=1S/C17H26O2/c1-13-12-15(17(3,4)5)9-10-16(13)19-11-7-6-8-14(2)18/h9-10,12H,6-8,11H2,1-5H3. The molecule has 1 aromatic rings. The molecule has 0 spiro atoms. The first-order valence-electron chi connectivity index (χ1n) is 7.04. The van der Waals surface area contributed by atoms with Crippen molar-refractivity contribution < 1.29 is 9.53 Å². The quantitative estimate of drug-likeness (QED) is 0.709. The number of carbonyl (C=O) groups is 1. The summed E-state index contributed by atoms with van der Waals surface area (Å²) in [5.74, 6) is 1.21. The van der Waals surface area contributed by atoms with Gasteiger partial charge in [0.1, 0.15) is 11.5 Å². The Morgan fingerprint density at radius 1 is 1.21 bits per heavy atom. The zero-order valence-electron chi connectivity index (χ0n) is 12.9. The van der Waals surface area contributed by atoms with Gasteiger partial charge in [-0.25, -0.2) is 0 Å². The molecule has 0 saturated carbocycles. The maximum Gasteiger partial charge on any atom is 0.129 e. The molecule has 0 aliphatic rings. The Kier molecular flexibility index (Phi) is 5.59. The highest BCUT2D eigenvalue weighted by atomic mass is 16.5. The topological polar surface area (TPSA) is 26.3 Å². The SMILES string of the molecule is CC(=O)CCCCOc1ccc(C(C)(C)C)cc1C. The Labute approximate surface area is 117 Å². The number of benzene rings is 1. The zero-order valence-corrected chi connectivity index (χ0v) is 12.9. The van der Waals surface area contributed by atoms with E-state index >= 15 is 0 Å². The van der Waals surface area contributed by atoms with Gasteiger partial charge < -0.3 is 9.53 Å². The van der Waals surface area contributed by atoms with Crippen LogP contribution in [0, 0.1) is 6.92 Å². The van der Waals surface area contributed by atoms with Crippen LogP contribution in [0.1, 0.15) is 58.1 Å². The van der Waals surface area contributed by atoms with Gasteiger partial charge in [0.15, 0.2) is 0 Å². The first-order valence-corrected chi connectivity index (χ1v) is 7.04. The number of rotatable bonds is 6. The van der Waals surface area contributed by atoms with Crippen molar-refractivity contribution in [3.63, 3.8) is 0 Å². The van der Waals surface area contributed by atoms with Crippen LogP contribution in [-0.4, -0.2) is 12.4 Å². The van der Waals surface area contributed by atoms with Gasteiger partial charge in [0.05, 0.1) is 6.61 Å². The molecule has 106 valence electrons. The molecule has 2 heteroatoms. The minimum absolute atomic E-state index is 0.171. The summed E-state index contributed by atoms with van der Waals surface area (Å²) in [5.41, 5.74) is 2.68. The molecular formula is C17H26O2. The number of hydrogen-bond acceptors (Lipinski definition) is 2. The summed E-state index contributed by atoms with van der Waals surface area (Å²) in [5, 5.41) is 0. The Balaban J connectivity index is 2.49. The molecule has 1 aromatic carbocycles. The first-order chi connectivity index (χ1) is 8.80. The van der Waals surface area contributed by atoms with Gasteiger partial charge in [0.25, 0.3) is 0 Å². The van der Waals surface area contributed by atoms with E-state index in [0.717, 1.165) is 18.6 Å². The van der Waals surface area contributed by atoms with Crippen molar-refractivity contribution >= 4 is 5.78 Å². The van der Waals surface area contributed by atoms with Crippen LogP contribution in [0.3, 0.4) is 0 Å². The molecule has 0 radical (unpaired) electrons. The molecule has 0 aliphatic heterocycles. The van der Waals surface area contributed by atoms with Crippen LogP contribution >= 0.6 is 0 Å². The predicted molar refractivity (Wildman–Crippen MR) is 79.9 cm³/mol. The fourth-order valence-electron chi connectivity index (χ4n) is 1.94. The molecule has 1 rings (SSSR count). The lowest BCUT2D eigenvalue weighted by molar-refractivity contribution is -0.117. The number of aryl methyl sites for hydroxylation is 1. The fourth-order valence-corrected chi connectivity index (χ4v) is 1.94. The molecule has 0 atom stereocenters. The average Bonchev–Trinajstić information content (AvgIpc) is 2.28. The third kappa shape index (κ3) is 5.46. The average molecular weight is 262 g/mol. The number of ether oxygens (including phenoxy) is 1. The van der Waals surface area contributed by atoms with Crippen molar-refractivity contribution in [2.45, 2.75) is 59.3 Å². The second kappa shape index (κ2) is 6.74. The third-order valence-electron chi connectivity index (χ3n) is 3.22. The van der Waals surface area contributed by atoms with E-state index in [2.05, 4.69) is 45.9 Å². The second-order valence-electron chi connectivity index (χ2n) is 6.24. The summed E-state index contributed by atoms with van der Waals surface area (Å²) in [6.07, 6.45) is 2.50. The molecule has 0 fully saturated rings. The Morgan fingerprint density at radius 3 is 2.42 bits per heavy atom. The van der Waals surface area contributed by atoms with Crippen LogP contribution < -0.4 is 4.74 Å². The maximum atomic E-state index is 10.8. The highest BCUT2D eigenvalue weighted by Gasteiger charge is 2.14. The number of Topliss-reactive ketones (excluding diaryl/α,β-unsaturated/α-hetero) is 1. The predicted octanol–water partition coefficient (Wildman–Crippen LogP) is 4.43. The molecule has 0 aliphatic carbocycles. The van der Waals surface area contributed by atoms with Crippen molar-refractivity contribution in [2.24, 2.45) is 0 Å². The largest absolute Gasteiger partial charge is 0.493 e. The van der Waals surface area contributed by atoms with Gasteiger partial charge in [-0.1, -0.05) is 32.9 Å². The van der Waals surface area contributed by atoms with E-state index < -0.39 is 0 Å². The van der Waals surface area contributed by atoms with Gasteiger partial charge in [-0.05, 0) is 49.3 Å². The summed E-state index contributed by atoms with van der Waals surface area (Å²) < 4.78 is 5.77. The van der Waals surface area contributed by atoms with Crippen molar-refractivity contribution in [1.82, 2.24) is 0 Å². The van der Waals surface area contributed by atoms with E-state index in [9.17, 15) is 4.79 Å². The fraction of sp³-hybridized carbons (Fsp3) is 0.588. The smallest absolute Gasteiger partial charge is 0.129 e. The first kappa shape index (κ1) is 15.7. The summed E-state index contributed by atoms with van der Waals surface area (Å²) in [4.78, 5) is 10.8. The molecule has 0 unspecified atom stereocenters. The maximum absolute atomic E-state index is 10.8. The summed E-state index contributed by atoms with van der Waals surface area (Å²) in [7, 11) is 0. The van der Waals surface area contributed by atoms with Crippen molar-refractivity contribution in [1.29, 1.82) is 0 Å². The van der Waals surface area contributed by atoms with E-state index in [1.807, 2.05) is 0 Å². The van der Waals surface area contributed by atoms with E-state index in [-0.39, 0.29) is 11.2 Å². The van der Waals surface area contributed by atoms with Crippen LogP contribution in [0.4, 0.5) is 0 Å². The highest BCUT2D eigenvalue weighted by molar-refractivity contribution is 5.75. The number of unbranched alkanes of at least 4 members (excludes halogenated alkanes) is 1. The molecule has 0 saturated heterocycles. The number of carbonyl (C=O) groups excluding carboxylic acids is 1. The highest BCUT2D eigenvalue weighted by Crippen LogP contribution is 2.27. The van der Waals surface area contributed by atoms with E-state index in [4.69, 9.17) is 4.74 Å². The van der Waals surface area contributed by atoms with Crippen molar-refractivity contribution in [2.75, 3.05) is 6.61 Å². The molecule has 19 heavy (non-hydrogen) atoms. The van der Waals surface area contributed by atoms with E-state index in [0.29, 0.717) is 13.0 Å². The van der Waals surface area contributed by atoms with Crippen molar-refractivity contribution in [3.05, 3.63) is 29.3 Å². The van der Waals surface area contributed by atoms with Gasteiger partial charge in [-0.2, -0.15) is 0 Å². The van der Waals surface area contributed by atoms with Gasteiger partial charge in [-0.3, -0.25) is 0 Å². The lowest BCUT2D eigenvalue weighted by Crippen LogP contribution is -2.11. The van der Waals surface area contributed by atoms with Crippen LogP contribution in [0.25, 0.3) is 0 Å². The summed E-state index contributed by atoms with van der Waals surface area (Å²) in [6, 6.07) is 6.39. The van der Waals surface area contributed by atoms with Crippen LogP contribution in [0.5, 0.6) is 5.75 Å². The van der Waals surface area contributed by atoms with Gasteiger partial charge in [-0.15, -0.1) is 0 Å².